The van der Waals surface area contributed by atoms with Crippen LogP contribution < -0.4 is 5.73 Å². The quantitative estimate of drug-likeness (QED) is 0.584. The lowest BCUT2D eigenvalue weighted by molar-refractivity contribution is 0.341. The van der Waals surface area contributed by atoms with Crippen LogP contribution in [-0.2, 0) is 17.5 Å². The molecule has 0 aliphatic carbocycles. The molecule has 0 atom stereocenters. The molecule has 0 amide bonds. The molecule has 0 bridgehead atoms. The monoisotopic (exact) mass is 365 g/mol. The summed E-state index contributed by atoms with van der Waals surface area (Å²) in [4.78, 5) is 35.7. The summed E-state index contributed by atoms with van der Waals surface area (Å²) in [6.07, 6.45) is 4.10. The number of rotatable bonds is 4. The third kappa shape index (κ3) is 3.55. The number of imidazole rings is 2. The second kappa shape index (κ2) is 5.91. The maximum Gasteiger partial charge on any atom is 0.435 e. The van der Waals surface area contributed by atoms with E-state index in [1.807, 2.05) is 4.57 Å². The van der Waals surface area contributed by atoms with Gasteiger partial charge in [0.15, 0.2) is 17.0 Å². The Morgan fingerprint density at radius 3 is 2.56 bits per heavy atom. The Bertz CT molecular complexity index is 967. The van der Waals surface area contributed by atoms with Gasteiger partial charge in [0.05, 0.1) is 6.42 Å². The summed E-state index contributed by atoms with van der Waals surface area (Å²) in [6.45, 7) is 6.82. The summed E-state index contributed by atoms with van der Waals surface area (Å²) in [5, 5.41) is 0. The number of nitrogens with zero attached hydrogens (tertiary/aromatic N) is 6. The van der Waals surface area contributed by atoms with Crippen molar-refractivity contribution in [1.29, 1.82) is 0 Å². The van der Waals surface area contributed by atoms with Crippen molar-refractivity contribution in [3.63, 3.8) is 0 Å². The first-order chi connectivity index (χ1) is 11.6. The first-order valence-corrected chi connectivity index (χ1v) is 9.17. The Kier molecular flexibility index (Phi) is 4.14. The highest BCUT2D eigenvalue weighted by Crippen LogP contribution is 2.38. The van der Waals surface area contributed by atoms with E-state index in [0.717, 1.165) is 4.34 Å². The van der Waals surface area contributed by atoms with Crippen LogP contribution in [0.2, 0.25) is 0 Å². The number of anilines is 1. The van der Waals surface area contributed by atoms with Crippen LogP contribution in [0.4, 0.5) is 5.82 Å². The van der Waals surface area contributed by atoms with Gasteiger partial charge in [-0.15, -0.1) is 0 Å². The molecule has 0 saturated heterocycles. The highest BCUT2D eigenvalue weighted by molar-refractivity contribution is 7.50. The Morgan fingerprint density at radius 1 is 1.20 bits per heavy atom. The third-order valence-corrected chi connectivity index (χ3v) is 4.49. The lowest BCUT2D eigenvalue weighted by atomic mass is 9.97. The van der Waals surface area contributed by atoms with Crippen molar-refractivity contribution in [3.8, 4) is 0 Å². The van der Waals surface area contributed by atoms with Crippen molar-refractivity contribution in [2.75, 3.05) is 5.73 Å². The predicted molar refractivity (Wildman–Crippen MR) is 91.7 cm³/mol. The summed E-state index contributed by atoms with van der Waals surface area (Å²) in [5.74, 6) is 1.04. The van der Waals surface area contributed by atoms with Crippen LogP contribution in [-0.4, -0.2) is 38.6 Å². The van der Waals surface area contributed by atoms with Crippen molar-refractivity contribution in [2.24, 2.45) is 5.41 Å². The molecule has 3 heterocycles. The lowest BCUT2D eigenvalue weighted by Crippen LogP contribution is -2.18. The largest absolute Gasteiger partial charge is 0.435 e. The zero-order valence-corrected chi connectivity index (χ0v) is 15.1. The number of nitrogens with two attached hydrogens (primary N) is 1. The SMILES string of the molecule is CC(C)(C)Cn1c(Cc2nccn2P(=O)(O)O)nc2c(N)ncnc21. The van der Waals surface area contributed by atoms with E-state index in [2.05, 4.69) is 40.7 Å². The molecule has 25 heavy (non-hydrogen) atoms. The number of nitrogen functional groups attached to an aromatic ring is 1. The van der Waals surface area contributed by atoms with Gasteiger partial charge in [0.2, 0.25) is 0 Å². The van der Waals surface area contributed by atoms with Crippen molar-refractivity contribution in [3.05, 3.63) is 30.4 Å². The zero-order chi connectivity index (χ0) is 18.4. The second-order valence-corrected chi connectivity index (χ2v) is 8.44. The van der Waals surface area contributed by atoms with Gasteiger partial charge in [-0.1, -0.05) is 20.8 Å². The van der Waals surface area contributed by atoms with E-state index in [4.69, 9.17) is 5.73 Å². The highest BCUT2D eigenvalue weighted by atomic mass is 31.2. The molecule has 10 nitrogen and oxygen atoms in total. The van der Waals surface area contributed by atoms with Crippen LogP contribution in [0.1, 0.15) is 32.4 Å². The molecule has 3 aromatic rings. The topological polar surface area (TPSA) is 145 Å². The molecule has 0 fully saturated rings. The van der Waals surface area contributed by atoms with Crippen molar-refractivity contribution in [2.45, 2.75) is 33.7 Å². The smallest absolute Gasteiger partial charge is 0.382 e. The van der Waals surface area contributed by atoms with Crippen LogP contribution in [0.15, 0.2) is 18.7 Å². The van der Waals surface area contributed by atoms with Gasteiger partial charge in [0.25, 0.3) is 0 Å². The minimum absolute atomic E-state index is 0.0687. The molecule has 11 heteroatoms. The van der Waals surface area contributed by atoms with Gasteiger partial charge < -0.3 is 20.1 Å². The molecule has 3 rings (SSSR count). The Labute approximate surface area is 144 Å². The summed E-state index contributed by atoms with van der Waals surface area (Å²) in [6, 6.07) is 0. The molecular formula is C14H20N7O3P. The normalized spacial score (nSPS) is 12.8. The third-order valence-electron chi connectivity index (χ3n) is 3.56. The van der Waals surface area contributed by atoms with Gasteiger partial charge in [0.1, 0.15) is 18.0 Å². The van der Waals surface area contributed by atoms with Crippen LogP contribution in [0.3, 0.4) is 0 Å². The first kappa shape index (κ1) is 17.5. The standard InChI is InChI=1S/C14H20N7O3P/c1-14(2,3)7-20-10(19-11-12(15)17-8-18-13(11)20)6-9-16-4-5-21(9)25(22,23)24/h4-5,8H,6-7H2,1-3H3,(H2,15,17,18)(H2,22,23,24). The van der Waals surface area contributed by atoms with Crippen molar-refractivity contribution in [1.82, 2.24) is 28.8 Å². The molecule has 3 aromatic heterocycles. The number of hydrogen-bond acceptors (Lipinski definition) is 6. The lowest BCUT2D eigenvalue weighted by Gasteiger charge is -2.21. The highest BCUT2D eigenvalue weighted by Gasteiger charge is 2.24. The van der Waals surface area contributed by atoms with E-state index in [1.54, 1.807) is 0 Å². The first-order valence-electron chi connectivity index (χ1n) is 7.60. The van der Waals surface area contributed by atoms with Gasteiger partial charge in [-0.3, -0.25) is 0 Å². The van der Waals surface area contributed by atoms with Crippen LogP contribution in [0, 0.1) is 5.41 Å². The molecule has 4 N–H and O–H groups in total. The molecule has 0 radical (unpaired) electrons. The minimum atomic E-state index is -4.48. The summed E-state index contributed by atoms with van der Waals surface area (Å²) in [5.41, 5.74) is 6.89. The fraction of sp³-hybridized carbons (Fsp3) is 0.429. The minimum Gasteiger partial charge on any atom is -0.382 e. The number of fused-ring (bicyclic) bond motifs is 1. The number of aromatic nitrogens is 6. The van der Waals surface area contributed by atoms with Gasteiger partial charge in [-0.05, 0) is 5.41 Å². The van der Waals surface area contributed by atoms with Gasteiger partial charge in [0, 0.05) is 18.9 Å². The van der Waals surface area contributed by atoms with Crippen LogP contribution in [0.25, 0.3) is 11.2 Å². The molecular weight excluding hydrogens is 345 g/mol. The maximum atomic E-state index is 11.6. The molecule has 0 saturated carbocycles. The van der Waals surface area contributed by atoms with Gasteiger partial charge in [-0.2, -0.15) is 0 Å². The van der Waals surface area contributed by atoms with E-state index in [-0.39, 0.29) is 23.5 Å². The summed E-state index contributed by atoms with van der Waals surface area (Å²) < 4.78 is 14.3. The van der Waals surface area contributed by atoms with E-state index in [0.29, 0.717) is 23.5 Å². The van der Waals surface area contributed by atoms with Crippen molar-refractivity contribution < 1.29 is 14.4 Å². The molecule has 0 aliphatic heterocycles. The Balaban J connectivity index is 2.13. The predicted octanol–water partition coefficient (Wildman–Crippen LogP) is 1.18. The van der Waals surface area contributed by atoms with Crippen molar-refractivity contribution >= 4 is 24.7 Å². The van der Waals surface area contributed by atoms with Crippen LogP contribution >= 0.6 is 7.75 Å². The Hall–Kier alpha value is -2.29. The molecule has 0 unspecified atom stereocenters. The van der Waals surface area contributed by atoms with E-state index >= 15 is 0 Å². The summed E-state index contributed by atoms with van der Waals surface area (Å²) >= 11 is 0. The van der Waals surface area contributed by atoms with E-state index in [9.17, 15) is 14.4 Å². The average molecular weight is 365 g/mol. The molecule has 0 spiro atoms. The number of hydrogen-bond donors (Lipinski definition) is 3. The van der Waals surface area contributed by atoms with Crippen LogP contribution in [0.5, 0.6) is 0 Å². The van der Waals surface area contributed by atoms with Gasteiger partial charge >= 0.3 is 7.75 Å². The van der Waals surface area contributed by atoms with E-state index < -0.39 is 7.75 Å². The zero-order valence-electron chi connectivity index (χ0n) is 14.2. The second-order valence-electron chi connectivity index (χ2n) is 6.98. The molecule has 0 aromatic carbocycles. The maximum absolute atomic E-state index is 11.6. The Morgan fingerprint density at radius 2 is 1.92 bits per heavy atom. The fourth-order valence-electron chi connectivity index (χ4n) is 2.61. The molecule has 134 valence electrons. The summed E-state index contributed by atoms with van der Waals surface area (Å²) in [7, 11) is -4.48. The average Bonchev–Trinajstić information content (AvgIpc) is 3.05. The fourth-order valence-corrected chi connectivity index (χ4v) is 3.26. The molecule has 0 aliphatic rings. The van der Waals surface area contributed by atoms with E-state index in [1.165, 1.54) is 18.7 Å². The van der Waals surface area contributed by atoms with Gasteiger partial charge in [-0.25, -0.2) is 28.8 Å².